The molecule has 0 spiro atoms. The van der Waals surface area contributed by atoms with Crippen LogP contribution in [-0.2, 0) is 0 Å². The summed E-state index contributed by atoms with van der Waals surface area (Å²) in [5.41, 5.74) is 7.10. The molecule has 3 N–H and O–H groups in total. The predicted molar refractivity (Wildman–Crippen MR) is 87.4 cm³/mol. The van der Waals surface area contributed by atoms with Crippen LogP contribution in [0.1, 0.15) is 5.56 Å². The van der Waals surface area contributed by atoms with E-state index in [2.05, 4.69) is 37.2 Å². The highest BCUT2D eigenvalue weighted by Gasteiger charge is 2.07. The van der Waals surface area contributed by atoms with E-state index in [0.717, 1.165) is 14.6 Å². The van der Waals surface area contributed by atoms with E-state index in [1.165, 1.54) is 6.07 Å². The zero-order valence-electron chi connectivity index (χ0n) is 9.58. The lowest BCUT2D eigenvalue weighted by Gasteiger charge is -2.10. The summed E-state index contributed by atoms with van der Waals surface area (Å²) in [6.45, 7) is 0. The Labute approximate surface area is 132 Å². The number of nitrogens with two attached hydrogens (primary N) is 1. The molecule has 0 fully saturated rings. The van der Waals surface area contributed by atoms with Gasteiger partial charge in [0.1, 0.15) is 10.8 Å². The first-order chi connectivity index (χ1) is 8.97. The highest BCUT2D eigenvalue weighted by Crippen LogP contribution is 2.30. The Bertz CT molecular complexity index is 647. The van der Waals surface area contributed by atoms with Crippen LogP contribution >= 0.6 is 44.1 Å². The smallest absolute Gasteiger partial charge is 0.147 e. The van der Waals surface area contributed by atoms with Crippen molar-refractivity contribution in [2.45, 2.75) is 0 Å². The largest absolute Gasteiger partial charge is 0.389 e. The molecule has 2 aromatic rings. The maximum Gasteiger partial charge on any atom is 0.147 e. The van der Waals surface area contributed by atoms with Crippen LogP contribution in [0, 0.1) is 5.82 Å². The van der Waals surface area contributed by atoms with Crippen molar-refractivity contribution in [3.05, 3.63) is 56.7 Å². The van der Waals surface area contributed by atoms with Crippen LogP contribution < -0.4 is 11.1 Å². The highest BCUT2D eigenvalue weighted by molar-refractivity contribution is 9.11. The van der Waals surface area contributed by atoms with Gasteiger partial charge in [-0.25, -0.2) is 4.39 Å². The number of anilines is 2. The Morgan fingerprint density at radius 3 is 2.37 bits per heavy atom. The average molecular weight is 404 g/mol. The molecule has 0 radical (unpaired) electrons. The topological polar surface area (TPSA) is 38.0 Å². The highest BCUT2D eigenvalue weighted by atomic mass is 79.9. The Morgan fingerprint density at radius 1 is 1.11 bits per heavy atom. The molecule has 0 aliphatic carbocycles. The molecule has 0 aliphatic rings. The first-order valence-corrected chi connectivity index (χ1v) is 7.28. The van der Waals surface area contributed by atoms with E-state index in [-0.39, 0.29) is 4.99 Å². The molecule has 0 unspecified atom stereocenters. The number of halogens is 3. The van der Waals surface area contributed by atoms with Crippen molar-refractivity contribution in [2.75, 3.05) is 5.32 Å². The van der Waals surface area contributed by atoms with Gasteiger partial charge >= 0.3 is 0 Å². The Hall–Kier alpha value is -0.980. The zero-order valence-corrected chi connectivity index (χ0v) is 13.6. The van der Waals surface area contributed by atoms with E-state index in [9.17, 15) is 4.39 Å². The molecule has 19 heavy (non-hydrogen) atoms. The fourth-order valence-electron chi connectivity index (χ4n) is 1.51. The number of thiocarbonyl (C=S) groups is 1. The van der Waals surface area contributed by atoms with Gasteiger partial charge in [-0.2, -0.15) is 0 Å². The van der Waals surface area contributed by atoms with E-state index in [1.54, 1.807) is 12.1 Å². The van der Waals surface area contributed by atoms with Gasteiger partial charge in [0.15, 0.2) is 0 Å². The minimum Gasteiger partial charge on any atom is -0.389 e. The van der Waals surface area contributed by atoms with Crippen LogP contribution in [0.3, 0.4) is 0 Å². The van der Waals surface area contributed by atoms with Crippen LogP contribution in [0.15, 0.2) is 45.3 Å². The first kappa shape index (κ1) is 14.4. The molecule has 0 amide bonds. The van der Waals surface area contributed by atoms with Crippen molar-refractivity contribution in [3.8, 4) is 0 Å². The normalized spacial score (nSPS) is 10.3. The van der Waals surface area contributed by atoms with Gasteiger partial charge in [-0.3, -0.25) is 0 Å². The monoisotopic (exact) mass is 402 g/mol. The summed E-state index contributed by atoms with van der Waals surface area (Å²) in [5.74, 6) is -0.403. The Kier molecular flexibility index (Phi) is 4.54. The second-order valence-electron chi connectivity index (χ2n) is 3.81. The number of benzene rings is 2. The summed E-state index contributed by atoms with van der Waals surface area (Å²) in [7, 11) is 0. The minimum absolute atomic E-state index is 0.176. The molecule has 0 bridgehead atoms. The van der Waals surface area contributed by atoms with E-state index in [4.69, 9.17) is 18.0 Å². The van der Waals surface area contributed by atoms with E-state index in [0.29, 0.717) is 11.3 Å². The molecule has 6 heteroatoms. The van der Waals surface area contributed by atoms with Crippen molar-refractivity contribution in [1.82, 2.24) is 0 Å². The maximum absolute atomic E-state index is 13.9. The second kappa shape index (κ2) is 5.98. The third kappa shape index (κ3) is 3.52. The molecule has 0 saturated heterocycles. The van der Waals surface area contributed by atoms with Gasteiger partial charge in [-0.1, -0.05) is 28.1 Å². The zero-order chi connectivity index (χ0) is 14.0. The second-order valence-corrected chi connectivity index (χ2v) is 6.02. The maximum atomic E-state index is 13.9. The lowest BCUT2D eigenvalue weighted by Crippen LogP contribution is -2.09. The third-order valence-corrected chi connectivity index (χ3v) is 3.84. The predicted octanol–water partition coefficient (Wildman–Crippen LogP) is 4.73. The number of rotatable bonds is 3. The summed E-state index contributed by atoms with van der Waals surface area (Å²) in [4.78, 5) is 0.176. The molecular formula is C13H9Br2FN2S. The van der Waals surface area contributed by atoms with E-state index >= 15 is 0 Å². The van der Waals surface area contributed by atoms with Crippen LogP contribution in [0.4, 0.5) is 15.8 Å². The minimum atomic E-state index is -0.403. The van der Waals surface area contributed by atoms with Crippen molar-refractivity contribution in [3.63, 3.8) is 0 Å². The average Bonchev–Trinajstić information content (AvgIpc) is 2.34. The summed E-state index contributed by atoms with van der Waals surface area (Å²) in [6.07, 6.45) is 0. The Morgan fingerprint density at radius 2 is 1.79 bits per heavy atom. The SMILES string of the molecule is NC(=S)c1ccc(Nc2ccc(Br)cc2Br)c(F)c1. The van der Waals surface area contributed by atoms with E-state index in [1.807, 2.05) is 18.2 Å². The van der Waals surface area contributed by atoms with Gasteiger partial charge in [0, 0.05) is 14.5 Å². The Balaban J connectivity index is 2.31. The number of hydrogen-bond donors (Lipinski definition) is 2. The standard InChI is InChI=1S/C13H9Br2FN2S/c14-8-2-4-11(9(15)6-8)18-12-3-1-7(13(17)19)5-10(12)16/h1-6,18H,(H2,17,19). The van der Waals surface area contributed by atoms with Crippen molar-refractivity contribution in [1.29, 1.82) is 0 Å². The van der Waals surface area contributed by atoms with Crippen molar-refractivity contribution in [2.24, 2.45) is 5.73 Å². The summed E-state index contributed by atoms with van der Waals surface area (Å²) >= 11 is 11.6. The molecule has 0 aliphatic heterocycles. The third-order valence-electron chi connectivity index (χ3n) is 2.45. The van der Waals surface area contributed by atoms with Crippen LogP contribution in [0.5, 0.6) is 0 Å². The summed E-state index contributed by atoms with van der Waals surface area (Å²) < 4.78 is 15.7. The van der Waals surface area contributed by atoms with Gasteiger partial charge in [-0.15, -0.1) is 0 Å². The molecule has 0 saturated carbocycles. The fourth-order valence-corrected chi connectivity index (χ4v) is 2.78. The number of nitrogens with one attached hydrogen (secondary N) is 1. The van der Waals surface area contributed by atoms with Gasteiger partial charge in [0.25, 0.3) is 0 Å². The van der Waals surface area contributed by atoms with Crippen LogP contribution in [0.25, 0.3) is 0 Å². The van der Waals surface area contributed by atoms with Gasteiger partial charge in [0.2, 0.25) is 0 Å². The van der Waals surface area contributed by atoms with E-state index < -0.39 is 5.82 Å². The summed E-state index contributed by atoms with van der Waals surface area (Å²) in [6, 6.07) is 10.2. The molecule has 0 aromatic heterocycles. The lowest BCUT2D eigenvalue weighted by molar-refractivity contribution is 0.631. The molecule has 2 rings (SSSR count). The molecule has 0 atom stereocenters. The number of hydrogen-bond acceptors (Lipinski definition) is 2. The quantitative estimate of drug-likeness (QED) is 0.727. The molecule has 2 aromatic carbocycles. The van der Waals surface area contributed by atoms with Crippen molar-refractivity contribution >= 4 is 60.4 Å². The van der Waals surface area contributed by atoms with Crippen LogP contribution in [0.2, 0.25) is 0 Å². The molecular weight excluding hydrogens is 395 g/mol. The van der Waals surface area contributed by atoms with Crippen LogP contribution in [-0.4, -0.2) is 4.99 Å². The lowest BCUT2D eigenvalue weighted by atomic mass is 10.2. The molecule has 0 heterocycles. The van der Waals surface area contributed by atoms with Crippen molar-refractivity contribution < 1.29 is 4.39 Å². The summed E-state index contributed by atoms with van der Waals surface area (Å²) in [5, 5.41) is 3.01. The van der Waals surface area contributed by atoms with Gasteiger partial charge in [-0.05, 0) is 52.3 Å². The molecule has 98 valence electrons. The van der Waals surface area contributed by atoms with Gasteiger partial charge < -0.3 is 11.1 Å². The fraction of sp³-hybridized carbons (Fsp3) is 0. The molecule has 2 nitrogen and oxygen atoms in total. The first-order valence-electron chi connectivity index (χ1n) is 5.29. The van der Waals surface area contributed by atoms with Gasteiger partial charge in [0.05, 0.1) is 11.4 Å².